The molecule has 1 rings (SSSR count). The first kappa shape index (κ1) is 9.05. The Morgan fingerprint density at radius 2 is 2.42 bits per heavy atom. The normalized spacial score (nSPS) is 20.1. The number of hydrogen-bond acceptors (Lipinski definition) is 5. The Bertz CT molecular complexity index is 238. The van der Waals surface area contributed by atoms with Crippen molar-refractivity contribution >= 4 is 17.5 Å². The second-order valence-electron chi connectivity index (χ2n) is 2.27. The smallest absolute Gasteiger partial charge is 0.341 e. The third kappa shape index (κ3) is 1.76. The maximum atomic E-state index is 10.8. The van der Waals surface area contributed by atoms with E-state index in [9.17, 15) is 14.9 Å². The lowest BCUT2D eigenvalue weighted by Crippen LogP contribution is -2.16. The van der Waals surface area contributed by atoms with Crippen LogP contribution in [0.25, 0.3) is 0 Å². The van der Waals surface area contributed by atoms with Gasteiger partial charge in [-0.2, -0.15) is 0 Å². The molecule has 0 aromatic rings. The Balaban J connectivity index is 2.97. The molecule has 0 radical (unpaired) electrons. The van der Waals surface area contributed by atoms with Gasteiger partial charge in [0, 0.05) is 19.2 Å². The lowest BCUT2D eigenvalue weighted by molar-refractivity contribution is -0.419. The summed E-state index contributed by atoms with van der Waals surface area (Å²) in [6, 6.07) is 0. The lowest BCUT2D eigenvalue weighted by Gasteiger charge is -1.97. The van der Waals surface area contributed by atoms with Crippen molar-refractivity contribution in [1.29, 1.82) is 0 Å². The Kier molecular flexibility index (Phi) is 2.69. The molecule has 1 aliphatic heterocycles. The summed E-state index contributed by atoms with van der Waals surface area (Å²) in [5.74, 6) is 0.275. The molecule has 5 nitrogen and oxygen atoms in total. The molecule has 0 aromatic heterocycles. The fourth-order valence-corrected chi connectivity index (χ4v) is 1.86. The van der Waals surface area contributed by atoms with Crippen molar-refractivity contribution in [3.63, 3.8) is 0 Å². The topological polar surface area (TPSA) is 72.2 Å². The first-order chi connectivity index (χ1) is 5.63. The Morgan fingerprint density at radius 1 is 1.75 bits per heavy atom. The van der Waals surface area contributed by atoms with Crippen LogP contribution in [0.5, 0.6) is 0 Å². The average Bonchev–Trinajstić information content (AvgIpc) is 2.37. The highest BCUT2D eigenvalue weighted by Gasteiger charge is 2.26. The molecule has 1 aliphatic rings. The number of carbonyl (C=O) groups is 1. The third-order valence-electron chi connectivity index (χ3n) is 1.37. The molecular formula is C6H8N2O3S. The molecule has 1 saturated heterocycles. The molecule has 66 valence electrons. The van der Waals surface area contributed by atoms with Gasteiger partial charge >= 0.3 is 5.70 Å². The molecule has 1 fully saturated rings. The van der Waals surface area contributed by atoms with E-state index in [-0.39, 0.29) is 5.70 Å². The molecular weight excluding hydrogens is 180 g/mol. The zero-order valence-corrected chi connectivity index (χ0v) is 7.31. The van der Waals surface area contributed by atoms with Crippen LogP contribution in [0.2, 0.25) is 0 Å². The third-order valence-corrected chi connectivity index (χ3v) is 2.40. The number of Topliss-reactive ketones (excluding diaryl/α,β-unsaturated/α-hetero) is 1. The number of thioether (sulfide) groups is 1. The van der Waals surface area contributed by atoms with Gasteiger partial charge < -0.3 is 5.32 Å². The molecule has 6 heteroatoms. The molecule has 12 heavy (non-hydrogen) atoms. The number of nitro groups is 1. The molecule has 1 heterocycles. The predicted octanol–water partition coefficient (Wildman–Crippen LogP) is 0.358. The maximum Gasteiger partial charge on any atom is 0.341 e. The maximum absolute atomic E-state index is 10.8. The largest absolute Gasteiger partial charge is 0.373 e. The highest BCUT2D eigenvalue weighted by Crippen LogP contribution is 2.22. The van der Waals surface area contributed by atoms with Gasteiger partial charge in [0.2, 0.25) is 5.78 Å². The molecule has 0 saturated carbocycles. The summed E-state index contributed by atoms with van der Waals surface area (Å²) in [6.07, 6.45) is 0. The van der Waals surface area contributed by atoms with Crippen LogP contribution >= 0.6 is 11.8 Å². The number of nitrogens with one attached hydrogen (secondary N) is 1. The van der Waals surface area contributed by atoms with Crippen LogP contribution in [0, 0.1) is 10.1 Å². The number of ketones is 1. The van der Waals surface area contributed by atoms with Crippen molar-refractivity contribution in [2.75, 3.05) is 12.3 Å². The van der Waals surface area contributed by atoms with E-state index in [0.717, 1.165) is 5.75 Å². The quantitative estimate of drug-likeness (QED) is 0.385. The van der Waals surface area contributed by atoms with Gasteiger partial charge in [0.25, 0.3) is 0 Å². The first-order valence-corrected chi connectivity index (χ1v) is 4.37. The van der Waals surface area contributed by atoms with Gasteiger partial charge in [0.15, 0.2) is 5.03 Å². The summed E-state index contributed by atoms with van der Waals surface area (Å²) in [5, 5.41) is 13.6. The number of rotatable bonds is 2. The molecule has 0 bridgehead atoms. The second-order valence-corrected chi connectivity index (χ2v) is 3.37. The SMILES string of the molecule is CC(=O)C(=C1NCCS1)[N+](=O)[O-]. The van der Waals surface area contributed by atoms with Gasteiger partial charge in [0.05, 0.1) is 4.92 Å². The average molecular weight is 188 g/mol. The number of allylic oxidation sites excluding steroid dienone is 1. The Labute approximate surface area is 73.4 Å². The standard InChI is InChI=1S/C6H8N2O3S/c1-4(9)5(8(10)11)6-7-2-3-12-6/h7H,2-3H2,1H3. The van der Waals surface area contributed by atoms with Crippen LogP contribution in [0.3, 0.4) is 0 Å². The monoisotopic (exact) mass is 188 g/mol. The van der Waals surface area contributed by atoms with E-state index in [1.807, 2.05) is 0 Å². The van der Waals surface area contributed by atoms with E-state index < -0.39 is 10.7 Å². The van der Waals surface area contributed by atoms with Gasteiger partial charge in [0.1, 0.15) is 0 Å². The lowest BCUT2D eigenvalue weighted by atomic mass is 10.3. The van der Waals surface area contributed by atoms with E-state index in [0.29, 0.717) is 11.6 Å². The summed E-state index contributed by atoms with van der Waals surface area (Å²) in [6.45, 7) is 1.89. The van der Waals surface area contributed by atoms with Crippen LogP contribution in [0.15, 0.2) is 10.7 Å². The van der Waals surface area contributed by atoms with Crippen molar-refractivity contribution in [1.82, 2.24) is 5.32 Å². The minimum absolute atomic E-state index is 0.322. The first-order valence-electron chi connectivity index (χ1n) is 3.39. The van der Waals surface area contributed by atoms with E-state index in [2.05, 4.69) is 5.32 Å². The van der Waals surface area contributed by atoms with E-state index in [1.54, 1.807) is 0 Å². The molecule has 0 unspecified atom stereocenters. The Morgan fingerprint density at radius 3 is 2.75 bits per heavy atom. The number of nitrogens with zero attached hydrogens (tertiary/aromatic N) is 1. The minimum atomic E-state index is -0.636. The van der Waals surface area contributed by atoms with Gasteiger partial charge in [-0.1, -0.05) is 11.8 Å². The predicted molar refractivity (Wildman–Crippen MR) is 45.2 cm³/mol. The fourth-order valence-electron chi connectivity index (χ4n) is 0.892. The van der Waals surface area contributed by atoms with Gasteiger partial charge in [-0.25, -0.2) is 0 Å². The fraction of sp³-hybridized carbons (Fsp3) is 0.500. The van der Waals surface area contributed by atoms with Gasteiger partial charge in [-0.3, -0.25) is 14.9 Å². The van der Waals surface area contributed by atoms with Crippen molar-refractivity contribution < 1.29 is 9.72 Å². The summed E-state index contributed by atoms with van der Waals surface area (Å²) in [4.78, 5) is 20.6. The summed E-state index contributed by atoms with van der Waals surface area (Å²) >= 11 is 1.31. The van der Waals surface area contributed by atoms with Crippen molar-refractivity contribution in [3.8, 4) is 0 Å². The molecule has 0 atom stereocenters. The van der Waals surface area contributed by atoms with Crippen molar-refractivity contribution in [2.45, 2.75) is 6.92 Å². The van der Waals surface area contributed by atoms with Crippen LogP contribution in [0.1, 0.15) is 6.92 Å². The number of carbonyl (C=O) groups excluding carboxylic acids is 1. The highest BCUT2D eigenvalue weighted by atomic mass is 32.2. The molecule has 0 spiro atoms. The molecule has 0 amide bonds. The molecule has 0 aliphatic carbocycles. The second kappa shape index (κ2) is 3.57. The van der Waals surface area contributed by atoms with Crippen LogP contribution in [-0.4, -0.2) is 23.0 Å². The minimum Gasteiger partial charge on any atom is -0.373 e. The molecule has 0 aromatic carbocycles. The van der Waals surface area contributed by atoms with Crippen LogP contribution in [-0.2, 0) is 4.79 Å². The summed E-state index contributed by atoms with van der Waals surface area (Å²) in [7, 11) is 0. The van der Waals surface area contributed by atoms with E-state index >= 15 is 0 Å². The van der Waals surface area contributed by atoms with E-state index in [1.165, 1.54) is 18.7 Å². The van der Waals surface area contributed by atoms with Crippen molar-refractivity contribution in [3.05, 3.63) is 20.8 Å². The highest BCUT2D eigenvalue weighted by molar-refractivity contribution is 8.03. The van der Waals surface area contributed by atoms with Crippen molar-refractivity contribution in [2.24, 2.45) is 0 Å². The zero-order chi connectivity index (χ0) is 9.14. The van der Waals surface area contributed by atoms with Gasteiger partial charge in [-0.15, -0.1) is 0 Å². The Hall–Kier alpha value is -1.04. The van der Waals surface area contributed by atoms with Crippen LogP contribution in [0.4, 0.5) is 0 Å². The summed E-state index contributed by atoms with van der Waals surface area (Å²) in [5.41, 5.74) is -0.322. The summed E-state index contributed by atoms with van der Waals surface area (Å²) < 4.78 is 0. The van der Waals surface area contributed by atoms with E-state index in [4.69, 9.17) is 0 Å². The zero-order valence-electron chi connectivity index (χ0n) is 6.49. The number of hydrogen-bond donors (Lipinski definition) is 1. The molecule has 1 N–H and O–H groups in total. The van der Waals surface area contributed by atoms with Crippen LogP contribution < -0.4 is 5.32 Å². The van der Waals surface area contributed by atoms with Gasteiger partial charge in [-0.05, 0) is 0 Å².